The molecule has 0 fully saturated rings. The molecule has 2 atom stereocenters. The van der Waals surface area contributed by atoms with Gasteiger partial charge in [-0.1, -0.05) is 54.6 Å². The highest BCUT2D eigenvalue weighted by molar-refractivity contribution is 6.00. The highest BCUT2D eigenvalue weighted by Gasteiger charge is 2.26. The molecule has 4 aliphatic rings. The maximum Gasteiger partial charge on any atom is 0.268 e. The van der Waals surface area contributed by atoms with Crippen LogP contribution in [0.5, 0.6) is 11.5 Å². The van der Waals surface area contributed by atoms with Gasteiger partial charge in [0.1, 0.15) is 29.5 Å². The predicted molar refractivity (Wildman–Crippen MR) is 174 cm³/mol. The van der Waals surface area contributed by atoms with E-state index in [2.05, 4.69) is 10.6 Å². The lowest BCUT2D eigenvalue weighted by Gasteiger charge is -2.21. The van der Waals surface area contributed by atoms with Crippen molar-refractivity contribution < 1.29 is 28.7 Å². The van der Waals surface area contributed by atoms with E-state index >= 15 is 0 Å². The summed E-state index contributed by atoms with van der Waals surface area (Å²) in [7, 11) is 1.66. The predicted octanol–water partition coefficient (Wildman–Crippen LogP) is 4.66. The zero-order chi connectivity index (χ0) is 32.3. The number of carbonyl (C=O) groups excluding carboxylic acids is 4. The molecule has 2 unspecified atom stereocenters. The lowest BCUT2D eigenvalue weighted by molar-refractivity contribution is -0.125. The standard InChI is InChI=1S/C37H39N3O6/c1-40-33-18-19-34(40)37(44)39-32(36(43)38-29(25-41)23-27-7-3-2-4-8-27)24-28-11-16-31(17-12-28)46-22-6-5-21-45-30-14-9-26(10-15-30)13-20-35(33)42/h2-4,7-12,14-19,25,29,32H,5-6,13,20-24H2,1H3,(H,38,43)(H,39,44). The summed E-state index contributed by atoms with van der Waals surface area (Å²) >= 11 is 0. The highest BCUT2D eigenvalue weighted by atomic mass is 16.5. The first-order valence-electron chi connectivity index (χ1n) is 15.6. The Balaban J connectivity index is 1.37. The maximum atomic E-state index is 13.6. The summed E-state index contributed by atoms with van der Waals surface area (Å²) in [5.74, 6) is 0.399. The van der Waals surface area contributed by atoms with E-state index < -0.39 is 23.9 Å². The van der Waals surface area contributed by atoms with Crippen molar-refractivity contribution in [2.45, 2.75) is 50.6 Å². The van der Waals surface area contributed by atoms with Gasteiger partial charge in [-0.05, 0) is 78.8 Å². The number of ketones is 1. The van der Waals surface area contributed by atoms with Crippen LogP contribution in [0.3, 0.4) is 0 Å². The monoisotopic (exact) mass is 621 g/mol. The first kappa shape index (κ1) is 32.2. The van der Waals surface area contributed by atoms with Gasteiger partial charge in [-0.25, -0.2) is 0 Å². The van der Waals surface area contributed by atoms with Crippen LogP contribution in [-0.4, -0.2) is 53.7 Å². The Morgan fingerprint density at radius 2 is 1.46 bits per heavy atom. The molecule has 0 spiro atoms. The van der Waals surface area contributed by atoms with Gasteiger partial charge in [0.15, 0.2) is 5.78 Å². The molecule has 1 aromatic heterocycles. The third kappa shape index (κ3) is 8.72. The van der Waals surface area contributed by atoms with Crippen LogP contribution in [0.15, 0.2) is 91.0 Å². The average molecular weight is 622 g/mol. The van der Waals surface area contributed by atoms with Crippen molar-refractivity contribution in [3.8, 4) is 11.5 Å². The first-order valence-corrected chi connectivity index (χ1v) is 15.6. The molecular weight excluding hydrogens is 582 g/mol. The Bertz CT molecular complexity index is 1630. The van der Waals surface area contributed by atoms with Crippen LogP contribution in [-0.2, 0) is 35.9 Å². The molecule has 9 nitrogen and oxygen atoms in total. The van der Waals surface area contributed by atoms with E-state index in [0.29, 0.717) is 43.8 Å². The molecular formula is C37H39N3O6. The molecule has 0 radical (unpaired) electrons. The van der Waals surface area contributed by atoms with Crippen LogP contribution in [0.1, 0.15) is 56.9 Å². The van der Waals surface area contributed by atoms with Crippen molar-refractivity contribution >= 4 is 23.9 Å². The van der Waals surface area contributed by atoms with Gasteiger partial charge in [0.05, 0.1) is 24.9 Å². The Morgan fingerprint density at radius 1 is 0.848 bits per heavy atom. The van der Waals surface area contributed by atoms with E-state index in [4.69, 9.17) is 9.47 Å². The molecule has 2 amide bonds. The highest BCUT2D eigenvalue weighted by Crippen LogP contribution is 2.18. The smallest absolute Gasteiger partial charge is 0.268 e. The van der Waals surface area contributed by atoms with Crippen LogP contribution >= 0.6 is 0 Å². The molecule has 0 saturated heterocycles. The number of nitrogens with one attached hydrogen (secondary N) is 2. The molecule has 4 aromatic rings. The Morgan fingerprint density at radius 3 is 2.09 bits per heavy atom. The zero-order valence-corrected chi connectivity index (χ0v) is 25.9. The number of Topliss-reactive ketones (excluding diaryl/α,β-unsaturated/α-hetero) is 1. The number of aromatic nitrogens is 1. The van der Waals surface area contributed by atoms with Crippen LogP contribution < -0.4 is 20.1 Å². The number of amides is 2. The molecule has 3 aromatic carbocycles. The summed E-state index contributed by atoms with van der Waals surface area (Å²) in [5, 5.41) is 5.65. The third-order valence-electron chi connectivity index (χ3n) is 8.06. The van der Waals surface area contributed by atoms with Crippen molar-refractivity contribution in [2.24, 2.45) is 7.05 Å². The minimum absolute atomic E-state index is 0.0947. The van der Waals surface area contributed by atoms with Crippen LogP contribution in [0, 0.1) is 0 Å². The summed E-state index contributed by atoms with van der Waals surface area (Å²) in [6, 6.07) is 26.0. The quantitative estimate of drug-likeness (QED) is 0.314. The molecule has 238 valence electrons. The van der Waals surface area contributed by atoms with Gasteiger partial charge >= 0.3 is 0 Å². The van der Waals surface area contributed by atoms with Crippen molar-refractivity contribution in [3.05, 3.63) is 119 Å². The molecule has 2 N–H and O–H groups in total. The molecule has 8 rings (SSSR count). The molecule has 9 heteroatoms. The van der Waals surface area contributed by atoms with Gasteiger partial charge in [-0.3, -0.25) is 14.4 Å². The van der Waals surface area contributed by atoms with Crippen LogP contribution in [0.2, 0.25) is 0 Å². The van der Waals surface area contributed by atoms with Crippen molar-refractivity contribution in [2.75, 3.05) is 13.2 Å². The number of aldehydes is 1. The van der Waals surface area contributed by atoms with E-state index in [1.165, 1.54) is 0 Å². The Kier molecular flexibility index (Phi) is 11.0. The molecule has 6 bridgehead atoms. The number of ether oxygens (including phenoxy) is 2. The molecule has 4 aliphatic heterocycles. The minimum atomic E-state index is -0.986. The fraction of sp³-hybridized carbons (Fsp3) is 0.297. The van der Waals surface area contributed by atoms with Crippen molar-refractivity contribution in [1.82, 2.24) is 15.2 Å². The van der Waals surface area contributed by atoms with Crippen molar-refractivity contribution in [3.63, 3.8) is 0 Å². The second-order valence-electron chi connectivity index (χ2n) is 11.4. The van der Waals surface area contributed by atoms with E-state index in [-0.39, 0.29) is 24.3 Å². The number of hydrogen-bond acceptors (Lipinski definition) is 6. The number of carbonyl (C=O) groups is 4. The Labute approximate surface area is 268 Å². The fourth-order valence-corrected chi connectivity index (χ4v) is 5.43. The van der Waals surface area contributed by atoms with E-state index in [1.807, 2.05) is 78.9 Å². The average Bonchev–Trinajstić information content (AvgIpc) is 3.47. The van der Waals surface area contributed by atoms with Gasteiger partial charge in [0.25, 0.3) is 5.91 Å². The first-order chi connectivity index (χ1) is 22.4. The van der Waals surface area contributed by atoms with Gasteiger partial charge in [0, 0.05) is 19.9 Å². The van der Waals surface area contributed by atoms with E-state index in [9.17, 15) is 19.2 Å². The normalized spacial score (nSPS) is 16.8. The largest absolute Gasteiger partial charge is 0.494 e. The molecule has 46 heavy (non-hydrogen) atoms. The maximum absolute atomic E-state index is 13.6. The zero-order valence-electron chi connectivity index (χ0n) is 25.9. The number of nitrogens with zero attached hydrogens (tertiary/aromatic N) is 1. The summed E-state index contributed by atoms with van der Waals surface area (Å²) in [6.45, 7) is 1.10. The summed E-state index contributed by atoms with van der Waals surface area (Å²) in [5.41, 5.74) is 3.36. The van der Waals surface area contributed by atoms with Gasteiger partial charge in [-0.2, -0.15) is 0 Å². The second kappa shape index (κ2) is 15.7. The Hall–Kier alpha value is -5.18. The number of hydrogen-bond donors (Lipinski definition) is 2. The summed E-state index contributed by atoms with van der Waals surface area (Å²) < 4.78 is 13.3. The lowest BCUT2D eigenvalue weighted by atomic mass is 10.0. The van der Waals surface area contributed by atoms with Crippen LogP contribution in [0.25, 0.3) is 0 Å². The van der Waals surface area contributed by atoms with E-state index in [1.54, 1.807) is 23.7 Å². The second-order valence-corrected chi connectivity index (χ2v) is 11.4. The molecule has 0 aliphatic carbocycles. The number of rotatable bonds is 5. The van der Waals surface area contributed by atoms with E-state index in [0.717, 1.165) is 35.3 Å². The van der Waals surface area contributed by atoms with Gasteiger partial charge in [-0.15, -0.1) is 0 Å². The minimum Gasteiger partial charge on any atom is -0.494 e. The number of benzene rings is 3. The molecule has 0 saturated carbocycles. The number of aryl methyl sites for hydroxylation is 1. The summed E-state index contributed by atoms with van der Waals surface area (Å²) in [6.07, 6.45) is 3.67. The van der Waals surface area contributed by atoms with Gasteiger partial charge < -0.3 is 29.5 Å². The van der Waals surface area contributed by atoms with Crippen LogP contribution in [0.4, 0.5) is 0 Å². The lowest BCUT2D eigenvalue weighted by Crippen LogP contribution is -2.51. The van der Waals surface area contributed by atoms with Crippen molar-refractivity contribution in [1.29, 1.82) is 0 Å². The third-order valence-corrected chi connectivity index (χ3v) is 8.06. The topological polar surface area (TPSA) is 116 Å². The summed E-state index contributed by atoms with van der Waals surface area (Å²) in [4.78, 5) is 52.2. The fourth-order valence-electron chi connectivity index (χ4n) is 5.43. The SMILES string of the molecule is Cn1c2ccc1C(=O)NC(C(=O)NC(C=O)Cc1ccccc1)Cc1ccc(cc1)OCCCCOc1ccc(cc1)CCC2=O. The van der Waals surface area contributed by atoms with Gasteiger partial charge in [0.2, 0.25) is 5.91 Å². The molecule has 5 heterocycles.